The van der Waals surface area contributed by atoms with Crippen LogP contribution in [0.3, 0.4) is 0 Å². The molecule has 2 saturated carbocycles. The summed E-state index contributed by atoms with van der Waals surface area (Å²) in [6.07, 6.45) is -6.07. The monoisotopic (exact) mass is 610 g/mol. The molecule has 4 rings (SSSR count). The molecule has 0 aromatic rings. The van der Waals surface area contributed by atoms with E-state index in [1.807, 2.05) is 0 Å². The van der Waals surface area contributed by atoms with E-state index in [0.717, 1.165) is 13.2 Å². The number of aliphatic hydroxyl groups excluding tert-OH is 2. The molecule has 14 heteroatoms. The highest BCUT2D eigenvalue weighted by molar-refractivity contribution is 5.90. The fourth-order valence-electron chi connectivity index (χ4n) is 7.75. The number of rotatable bonds is 8. The molecular formula is C29H38O14. The fourth-order valence-corrected chi connectivity index (χ4v) is 7.75. The van der Waals surface area contributed by atoms with E-state index in [2.05, 4.69) is 0 Å². The molecule has 4 fully saturated rings. The Morgan fingerprint density at radius 1 is 1.07 bits per heavy atom. The number of methoxy groups -OCH3 is 2. The van der Waals surface area contributed by atoms with Gasteiger partial charge in [-0.15, -0.1) is 0 Å². The lowest BCUT2D eigenvalue weighted by molar-refractivity contribution is -0.277. The summed E-state index contributed by atoms with van der Waals surface area (Å²) in [6, 6.07) is 0. The molecule has 0 aromatic carbocycles. The second-order valence-electron chi connectivity index (χ2n) is 12.2. The molecule has 2 heterocycles. The lowest BCUT2D eigenvalue weighted by atomic mass is 9.43. The molecule has 238 valence electrons. The predicted octanol–water partition coefficient (Wildman–Crippen LogP) is -0.204. The first-order valence-electron chi connectivity index (χ1n) is 13.9. The van der Waals surface area contributed by atoms with Gasteiger partial charge in [0.05, 0.1) is 32.8 Å². The minimum absolute atomic E-state index is 0.0740. The Morgan fingerprint density at radius 2 is 1.72 bits per heavy atom. The van der Waals surface area contributed by atoms with E-state index in [1.165, 1.54) is 27.9 Å². The summed E-state index contributed by atoms with van der Waals surface area (Å²) in [5.74, 6) is -9.19. The molecule has 2 aliphatic heterocycles. The number of hydrogen-bond acceptors (Lipinski definition) is 14. The van der Waals surface area contributed by atoms with Crippen molar-refractivity contribution in [1.29, 1.82) is 0 Å². The van der Waals surface area contributed by atoms with Crippen molar-refractivity contribution in [2.24, 2.45) is 29.1 Å². The van der Waals surface area contributed by atoms with Gasteiger partial charge in [-0.1, -0.05) is 0 Å². The maximum Gasteiger partial charge on any atom is 0.348 e. The van der Waals surface area contributed by atoms with Gasteiger partial charge in [-0.05, 0) is 45.6 Å². The molecule has 2 bridgehead atoms. The maximum atomic E-state index is 13.6. The average molecular weight is 611 g/mol. The zero-order chi connectivity index (χ0) is 32.2. The summed E-state index contributed by atoms with van der Waals surface area (Å²) in [7, 11) is 2.20. The van der Waals surface area contributed by atoms with Gasteiger partial charge < -0.3 is 38.6 Å². The Hall–Kier alpha value is -3.36. The Bertz CT molecular complexity index is 1250. The van der Waals surface area contributed by atoms with Crippen molar-refractivity contribution in [1.82, 2.24) is 0 Å². The van der Waals surface area contributed by atoms with E-state index in [-0.39, 0.29) is 30.8 Å². The van der Waals surface area contributed by atoms with Gasteiger partial charge in [0, 0.05) is 36.7 Å². The predicted molar refractivity (Wildman–Crippen MR) is 140 cm³/mol. The standard InChI is InChI=1S/C29H38O14/c1-12(27(4,5)43-14(3)31)8-19(33)42-22-23-28-11-40-29(23,26(37)39-7)24(35)21(34)20(28)16(10-18(32)38-6)15(13(2)30)9-17(28)41-25(22)36/h8,15-17,20-24,34-35H,9-11H2,1-7H3/b12-8+/t15-,16-,17+,20+,21+,22+,23+,24-,28?,29+/m1/s1. The van der Waals surface area contributed by atoms with Crippen LogP contribution in [0.4, 0.5) is 0 Å². The number of aliphatic hydroxyl groups is 2. The van der Waals surface area contributed by atoms with Crippen molar-refractivity contribution in [3.63, 3.8) is 0 Å². The first kappa shape index (κ1) is 32.6. The van der Waals surface area contributed by atoms with Crippen LogP contribution >= 0.6 is 0 Å². The van der Waals surface area contributed by atoms with Crippen LogP contribution in [0.15, 0.2) is 11.6 Å². The quantitative estimate of drug-likeness (QED) is 0.208. The molecular weight excluding hydrogens is 572 g/mol. The van der Waals surface area contributed by atoms with Crippen LogP contribution < -0.4 is 0 Å². The Morgan fingerprint density at radius 3 is 2.28 bits per heavy atom. The first-order valence-corrected chi connectivity index (χ1v) is 13.9. The first-order chi connectivity index (χ1) is 20.0. The molecule has 2 aliphatic carbocycles. The van der Waals surface area contributed by atoms with Gasteiger partial charge in [0.25, 0.3) is 0 Å². The fraction of sp³-hybridized carbons (Fsp3) is 0.724. The van der Waals surface area contributed by atoms with Crippen LogP contribution in [0.2, 0.25) is 0 Å². The zero-order valence-electron chi connectivity index (χ0n) is 25.1. The van der Waals surface area contributed by atoms with E-state index in [0.29, 0.717) is 0 Å². The summed E-state index contributed by atoms with van der Waals surface area (Å²) in [5, 5.41) is 23.1. The summed E-state index contributed by atoms with van der Waals surface area (Å²) in [5.41, 5.74) is -4.78. The number of ether oxygens (including phenoxy) is 6. The Kier molecular flexibility index (Phi) is 8.55. The second kappa shape index (κ2) is 11.3. The topological polar surface area (TPSA) is 198 Å². The van der Waals surface area contributed by atoms with Gasteiger partial charge in [0.15, 0.2) is 0 Å². The van der Waals surface area contributed by atoms with Gasteiger partial charge >= 0.3 is 29.8 Å². The number of Topliss-reactive ketones (excluding diaryl/α,β-unsaturated/α-hetero) is 1. The highest BCUT2D eigenvalue weighted by Gasteiger charge is 2.83. The SMILES string of the molecule is COC(=O)C[C@H]1[C@H]2[C@H](O)[C@@H](O)[C@@]3(C(=O)OC)OCC24[C@H](C[C@@H]1C(C)=O)OC(=O)[C@@H](OC(=O)/C=C(\C)C(C)(C)OC(C)=O)[C@@H]43. The lowest BCUT2D eigenvalue weighted by Gasteiger charge is -2.63. The number of ketones is 1. The smallest absolute Gasteiger partial charge is 0.348 e. The summed E-state index contributed by atoms with van der Waals surface area (Å²) in [6.45, 7) is 6.76. The lowest BCUT2D eigenvalue weighted by Crippen LogP contribution is -2.77. The number of hydrogen-bond donors (Lipinski definition) is 2. The van der Waals surface area contributed by atoms with Crippen molar-refractivity contribution < 1.29 is 67.4 Å². The van der Waals surface area contributed by atoms with Gasteiger partial charge in [0.1, 0.15) is 23.6 Å². The molecule has 0 radical (unpaired) electrons. The van der Waals surface area contributed by atoms with Crippen molar-refractivity contribution >= 4 is 35.6 Å². The summed E-state index contributed by atoms with van der Waals surface area (Å²) < 4.78 is 32.5. The van der Waals surface area contributed by atoms with Crippen LogP contribution in [0.1, 0.15) is 47.5 Å². The Balaban J connectivity index is 1.85. The molecule has 0 aromatic heterocycles. The van der Waals surface area contributed by atoms with Crippen molar-refractivity contribution in [3.05, 3.63) is 11.6 Å². The molecule has 43 heavy (non-hydrogen) atoms. The van der Waals surface area contributed by atoms with E-state index >= 15 is 0 Å². The Labute approximate surface area is 247 Å². The van der Waals surface area contributed by atoms with Crippen LogP contribution in [0.5, 0.6) is 0 Å². The number of carbonyl (C=O) groups is 6. The third kappa shape index (κ3) is 4.92. The van der Waals surface area contributed by atoms with Gasteiger partial charge in [-0.2, -0.15) is 0 Å². The number of carbonyl (C=O) groups excluding carboxylic acids is 6. The van der Waals surface area contributed by atoms with E-state index < -0.39 is 94.6 Å². The van der Waals surface area contributed by atoms with Crippen molar-refractivity contribution in [2.45, 2.75) is 83.1 Å². The van der Waals surface area contributed by atoms with Crippen molar-refractivity contribution in [2.75, 3.05) is 20.8 Å². The van der Waals surface area contributed by atoms with Gasteiger partial charge in [-0.3, -0.25) is 14.4 Å². The minimum Gasteiger partial charge on any atom is -0.469 e. The van der Waals surface area contributed by atoms with E-state index in [4.69, 9.17) is 28.4 Å². The molecule has 2 saturated heterocycles. The molecule has 4 aliphatic rings. The molecule has 0 amide bonds. The highest BCUT2D eigenvalue weighted by atomic mass is 16.6. The van der Waals surface area contributed by atoms with Crippen LogP contribution in [0.25, 0.3) is 0 Å². The van der Waals surface area contributed by atoms with Crippen LogP contribution in [0, 0.1) is 29.1 Å². The summed E-state index contributed by atoms with van der Waals surface area (Å²) >= 11 is 0. The molecule has 1 unspecified atom stereocenters. The molecule has 14 nitrogen and oxygen atoms in total. The minimum atomic E-state index is -2.36. The molecule has 2 N–H and O–H groups in total. The highest BCUT2D eigenvalue weighted by Crippen LogP contribution is 2.68. The third-order valence-electron chi connectivity index (χ3n) is 9.78. The third-order valence-corrected chi connectivity index (χ3v) is 9.78. The van der Waals surface area contributed by atoms with Crippen LogP contribution in [-0.4, -0.2) is 102 Å². The number of esters is 5. The largest absolute Gasteiger partial charge is 0.469 e. The van der Waals surface area contributed by atoms with E-state index in [9.17, 15) is 39.0 Å². The average Bonchev–Trinajstić information content (AvgIpc) is 3.23. The normalized spacial score (nSPS) is 38.3. The zero-order valence-corrected chi connectivity index (χ0v) is 25.1. The second-order valence-corrected chi connectivity index (χ2v) is 12.2. The maximum absolute atomic E-state index is 13.6. The van der Waals surface area contributed by atoms with Gasteiger partial charge in [-0.25, -0.2) is 14.4 Å². The molecule has 1 spiro atoms. The molecule has 10 atom stereocenters. The van der Waals surface area contributed by atoms with Crippen molar-refractivity contribution in [3.8, 4) is 0 Å². The van der Waals surface area contributed by atoms with Crippen LogP contribution in [-0.2, 0) is 57.2 Å². The summed E-state index contributed by atoms with van der Waals surface area (Å²) in [4.78, 5) is 77.0. The van der Waals surface area contributed by atoms with E-state index in [1.54, 1.807) is 13.8 Å². The van der Waals surface area contributed by atoms with Gasteiger partial charge in [0.2, 0.25) is 11.7 Å².